The molecule has 1 heterocycles. The van der Waals surface area contributed by atoms with Gasteiger partial charge in [-0.1, -0.05) is 60.7 Å². The molecular weight excluding hydrogens is 390 g/mol. The van der Waals surface area contributed by atoms with Crippen molar-refractivity contribution in [2.45, 2.75) is 39.7 Å². The molecule has 3 rings (SSSR count). The lowest BCUT2D eigenvalue weighted by atomic mass is 10.0. The largest absolute Gasteiger partial charge is 0.353 e. The first-order valence-electron chi connectivity index (χ1n) is 10.6. The van der Waals surface area contributed by atoms with Crippen LogP contribution in [0.1, 0.15) is 33.6 Å². The number of carbonyl (C=O) groups is 1. The summed E-state index contributed by atoms with van der Waals surface area (Å²) in [4.78, 5) is 32.3. The van der Waals surface area contributed by atoms with Crippen molar-refractivity contribution in [1.29, 1.82) is 0 Å². The lowest BCUT2D eigenvalue weighted by Crippen LogP contribution is -2.33. The van der Waals surface area contributed by atoms with Crippen molar-refractivity contribution in [3.05, 3.63) is 66.9 Å². The number of hydrogen-bond donors (Lipinski definition) is 0. The highest BCUT2D eigenvalue weighted by Crippen LogP contribution is 2.30. The molecular formula is C25H29N3O3. The molecule has 162 valence electrons. The van der Waals surface area contributed by atoms with Gasteiger partial charge in [0.05, 0.1) is 24.2 Å². The van der Waals surface area contributed by atoms with Gasteiger partial charge in [-0.3, -0.25) is 9.87 Å². The van der Waals surface area contributed by atoms with Crippen molar-refractivity contribution in [2.24, 2.45) is 0 Å². The number of nitrogens with zero attached hydrogens (tertiary/aromatic N) is 3. The molecule has 0 N–H and O–H groups in total. The molecule has 0 aliphatic heterocycles. The van der Waals surface area contributed by atoms with E-state index in [1.165, 1.54) is 6.92 Å². The maximum atomic E-state index is 10.8. The van der Waals surface area contributed by atoms with Crippen molar-refractivity contribution in [2.75, 3.05) is 18.1 Å². The smallest absolute Gasteiger partial charge is 0.339 e. The summed E-state index contributed by atoms with van der Waals surface area (Å²) < 4.78 is 0. The van der Waals surface area contributed by atoms with Gasteiger partial charge in [0.25, 0.3) is 0 Å². The standard InChI is InChI=1S/C25H29N3O3/c1-19(2)28(16-10-11-17-30-31-20(3)29)23-18-26-24(21-12-6-4-7-13-21)25(27-23)22-14-8-5-9-15-22/h4-9,12-15,18-19H,10-11,16-17H2,1-3H3. The monoisotopic (exact) mass is 419 g/mol. The SMILES string of the molecule is CC(=O)OOCCCCN(c1cnc(-c2ccccc2)c(-c2ccccc2)n1)C(C)C. The summed E-state index contributed by atoms with van der Waals surface area (Å²) in [6.07, 6.45) is 3.50. The minimum atomic E-state index is -0.439. The van der Waals surface area contributed by atoms with Gasteiger partial charge >= 0.3 is 5.97 Å². The Morgan fingerprint density at radius 3 is 2.13 bits per heavy atom. The van der Waals surface area contributed by atoms with Crippen LogP contribution in [0.25, 0.3) is 22.5 Å². The van der Waals surface area contributed by atoms with E-state index >= 15 is 0 Å². The minimum absolute atomic E-state index is 0.259. The van der Waals surface area contributed by atoms with E-state index in [2.05, 4.69) is 47.9 Å². The number of unbranched alkanes of at least 4 members (excludes halogenated alkanes) is 1. The zero-order chi connectivity index (χ0) is 22.1. The van der Waals surface area contributed by atoms with E-state index < -0.39 is 5.97 Å². The lowest BCUT2D eigenvalue weighted by molar-refractivity contribution is -0.270. The molecule has 0 spiro atoms. The van der Waals surface area contributed by atoms with E-state index in [1.807, 2.05) is 42.6 Å². The van der Waals surface area contributed by atoms with Crippen molar-refractivity contribution in [3.63, 3.8) is 0 Å². The van der Waals surface area contributed by atoms with Gasteiger partial charge in [0.2, 0.25) is 0 Å². The van der Waals surface area contributed by atoms with Crippen molar-refractivity contribution in [1.82, 2.24) is 9.97 Å². The molecule has 0 atom stereocenters. The minimum Gasteiger partial charge on any atom is -0.353 e. The van der Waals surface area contributed by atoms with Crippen molar-refractivity contribution < 1.29 is 14.6 Å². The van der Waals surface area contributed by atoms with Crippen LogP contribution in [0.2, 0.25) is 0 Å². The highest BCUT2D eigenvalue weighted by Gasteiger charge is 2.17. The van der Waals surface area contributed by atoms with E-state index in [0.717, 1.165) is 47.7 Å². The third-order valence-electron chi connectivity index (χ3n) is 4.82. The number of rotatable bonds is 10. The van der Waals surface area contributed by atoms with Crippen molar-refractivity contribution in [3.8, 4) is 22.5 Å². The molecule has 31 heavy (non-hydrogen) atoms. The Kier molecular flexibility index (Phi) is 8.12. The predicted octanol–water partition coefficient (Wildman–Crippen LogP) is 5.30. The number of aromatic nitrogens is 2. The summed E-state index contributed by atoms with van der Waals surface area (Å²) >= 11 is 0. The van der Waals surface area contributed by atoms with Gasteiger partial charge in [-0.25, -0.2) is 9.78 Å². The molecule has 6 nitrogen and oxygen atoms in total. The summed E-state index contributed by atoms with van der Waals surface area (Å²) in [7, 11) is 0. The van der Waals surface area contributed by atoms with Crippen LogP contribution in [0.4, 0.5) is 5.82 Å². The second-order valence-electron chi connectivity index (χ2n) is 7.55. The first-order valence-corrected chi connectivity index (χ1v) is 10.6. The van der Waals surface area contributed by atoms with Crippen LogP contribution in [-0.4, -0.2) is 35.1 Å². The second-order valence-corrected chi connectivity index (χ2v) is 7.55. The van der Waals surface area contributed by atoms with Crippen LogP contribution in [0.3, 0.4) is 0 Å². The summed E-state index contributed by atoms with van der Waals surface area (Å²) in [6, 6.07) is 20.5. The second kappa shape index (κ2) is 11.2. The van der Waals surface area contributed by atoms with Gasteiger partial charge in [-0.15, -0.1) is 0 Å². The Morgan fingerprint density at radius 1 is 0.935 bits per heavy atom. The number of benzene rings is 2. The fourth-order valence-electron chi connectivity index (χ4n) is 3.33. The molecule has 0 bridgehead atoms. The summed E-state index contributed by atoms with van der Waals surface area (Å²) in [5.74, 6) is 0.403. The van der Waals surface area contributed by atoms with E-state index in [0.29, 0.717) is 6.61 Å². The van der Waals surface area contributed by atoms with Gasteiger partial charge in [-0.05, 0) is 26.7 Å². The normalized spacial score (nSPS) is 10.8. The first kappa shape index (κ1) is 22.4. The molecule has 0 unspecified atom stereocenters. The van der Waals surface area contributed by atoms with Crippen molar-refractivity contribution >= 4 is 11.8 Å². The number of anilines is 1. The fraction of sp³-hybridized carbons (Fsp3) is 0.320. The molecule has 6 heteroatoms. The molecule has 0 aliphatic carbocycles. The highest BCUT2D eigenvalue weighted by atomic mass is 17.2. The Labute approximate surface area is 183 Å². The highest BCUT2D eigenvalue weighted by molar-refractivity contribution is 5.78. The lowest BCUT2D eigenvalue weighted by Gasteiger charge is -2.28. The average molecular weight is 420 g/mol. The molecule has 1 aromatic heterocycles. The third kappa shape index (κ3) is 6.36. The van der Waals surface area contributed by atoms with E-state index in [4.69, 9.17) is 14.9 Å². The van der Waals surface area contributed by atoms with Gasteiger partial charge < -0.3 is 4.90 Å². The van der Waals surface area contributed by atoms with E-state index in [1.54, 1.807) is 0 Å². The van der Waals surface area contributed by atoms with Crippen LogP contribution in [0.5, 0.6) is 0 Å². The van der Waals surface area contributed by atoms with Crippen LogP contribution in [0, 0.1) is 0 Å². The Hall–Kier alpha value is -3.25. The van der Waals surface area contributed by atoms with Gasteiger partial charge in [0, 0.05) is 30.6 Å². The number of carbonyl (C=O) groups excluding carboxylic acids is 1. The zero-order valence-electron chi connectivity index (χ0n) is 18.3. The maximum Gasteiger partial charge on any atom is 0.339 e. The zero-order valence-corrected chi connectivity index (χ0v) is 18.3. The van der Waals surface area contributed by atoms with E-state index in [9.17, 15) is 4.79 Å². The van der Waals surface area contributed by atoms with Gasteiger partial charge in [-0.2, -0.15) is 4.89 Å². The predicted molar refractivity (Wildman–Crippen MR) is 122 cm³/mol. The topological polar surface area (TPSA) is 64.6 Å². The Bertz CT molecular complexity index is 962. The summed E-state index contributed by atoms with van der Waals surface area (Å²) in [5, 5.41) is 0. The molecule has 0 radical (unpaired) electrons. The fourth-order valence-corrected chi connectivity index (χ4v) is 3.33. The first-order chi connectivity index (χ1) is 15.1. The van der Waals surface area contributed by atoms with Gasteiger partial charge in [0.1, 0.15) is 5.82 Å². The molecule has 0 saturated heterocycles. The summed E-state index contributed by atoms with van der Waals surface area (Å²) in [6.45, 7) is 6.78. The molecule has 0 saturated carbocycles. The Balaban J connectivity index is 1.83. The molecule has 0 fully saturated rings. The van der Waals surface area contributed by atoms with Crippen LogP contribution < -0.4 is 4.90 Å². The van der Waals surface area contributed by atoms with Crippen LogP contribution in [0.15, 0.2) is 66.9 Å². The Morgan fingerprint density at radius 2 is 1.55 bits per heavy atom. The summed E-state index contributed by atoms with van der Waals surface area (Å²) in [5.41, 5.74) is 3.82. The molecule has 3 aromatic rings. The van der Waals surface area contributed by atoms with Crippen LogP contribution in [-0.2, 0) is 14.6 Å². The third-order valence-corrected chi connectivity index (χ3v) is 4.82. The van der Waals surface area contributed by atoms with E-state index in [-0.39, 0.29) is 6.04 Å². The quantitative estimate of drug-likeness (QED) is 0.252. The molecule has 0 aliphatic rings. The van der Waals surface area contributed by atoms with Crippen LogP contribution >= 0.6 is 0 Å². The maximum absolute atomic E-state index is 10.8. The molecule has 0 amide bonds. The molecule has 2 aromatic carbocycles. The average Bonchev–Trinajstić information content (AvgIpc) is 2.79. The van der Waals surface area contributed by atoms with Gasteiger partial charge in [0.15, 0.2) is 0 Å². The number of hydrogen-bond acceptors (Lipinski definition) is 6.